The Morgan fingerprint density at radius 1 is 1.46 bits per heavy atom. The molecule has 0 amide bonds. The lowest BCUT2D eigenvalue weighted by Gasteiger charge is -2.25. The number of fused-ring (bicyclic) bond motifs is 1. The predicted molar refractivity (Wildman–Crippen MR) is 54.3 cm³/mol. The van der Waals surface area contributed by atoms with Crippen molar-refractivity contribution in [3.05, 3.63) is 22.7 Å². The van der Waals surface area contributed by atoms with Gasteiger partial charge in [0, 0.05) is 4.47 Å². The van der Waals surface area contributed by atoms with Gasteiger partial charge in [-0.25, -0.2) is 0 Å². The molecule has 0 radical (unpaired) electrons. The smallest absolute Gasteiger partial charge is 0.162 e. The summed E-state index contributed by atoms with van der Waals surface area (Å²) in [5.74, 6) is 1.68. The van der Waals surface area contributed by atoms with Crippen LogP contribution in [0.4, 0.5) is 0 Å². The van der Waals surface area contributed by atoms with E-state index in [2.05, 4.69) is 22.9 Å². The standard InChI is InChI=1S/C10H11BrO2/c1-2-8-6-12-9-4-3-7(11)5-10(9)13-8/h3-5,8H,2,6H2,1H3. The van der Waals surface area contributed by atoms with Gasteiger partial charge in [0.05, 0.1) is 0 Å². The van der Waals surface area contributed by atoms with Crippen LogP contribution < -0.4 is 9.47 Å². The van der Waals surface area contributed by atoms with Crippen LogP contribution >= 0.6 is 15.9 Å². The molecule has 0 saturated carbocycles. The molecule has 1 aromatic rings. The van der Waals surface area contributed by atoms with Crippen LogP contribution in [-0.2, 0) is 0 Å². The highest BCUT2D eigenvalue weighted by atomic mass is 79.9. The summed E-state index contributed by atoms with van der Waals surface area (Å²) in [5.41, 5.74) is 0. The molecule has 1 unspecified atom stereocenters. The molecule has 1 atom stereocenters. The molecule has 13 heavy (non-hydrogen) atoms. The Morgan fingerprint density at radius 3 is 3.08 bits per heavy atom. The van der Waals surface area contributed by atoms with Gasteiger partial charge in [-0.1, -0.05) is 22.9 Å². The number of hydrogen-bond acceptors (Lipinski definition) is 2. The van der Waals surface area contributed by atoms with Gasteiger partial charge in [-0.05, 0) is 24.6 Å². The Kier molecular flexibility index (Phi) is 2.44. The van der Waals surface area contributed by atoms with Crippen LogP contribution in [0.15, 0.2) is 22.7 Å². The molecule has 3 heteroatoms. The van der Waals surface area contributed by atoms with E-state index in [1.807, 2.05) is 18.2 Å². The van der Waals surface area contributed by atoms with Crippen LogP contribution in [0.5, 0.6) is 11.5 Å². The summed E-state index contributed by atoms with van der Waals surface area (Å²) in [7, 11) is 0. The summed E-state index contributed by atoms with van der Waals surface area (Å²) in [6.45, 7) is 2.75. The van der Waals surface area contributed by atoms with Gasteiger partial charge in [-0.2, -0.15) is 0 Å². The van der Waals surface area contributed by atoms with Crippen molar-refractivity contribution in [2.75, 3.05) is 6.61 Å². The van der Waals surface area contributed by atoms with E-state index in [0.717, 1.165) is 22.4 Å². The minimum atomic E-state index is 0.196. The molecule has 0 N–H and O–H groups in total. The molecule has 1 aliphatic rings. The molecule has 1 aromatic carbocycles. The molecular weight excluding hydrogens is 232 g/mol. The van der Waals surface area contributed by atoms with Crippen molar-refractivity contribution in [2.24, 2.45) is 0 Å². The molecule has 70 valence electrons. The van der Waals surface area contributed by atoms with Crippen LogP contribution in [0, 0.1) is 0 Å². The quantitative estimate of drug-likeness (QED) is 0.754. The highest BCUT2D eigenvalue weighted by Gasteiger charge is 2.18. The van der Waals surface area contributed by atoms with E-state index < -0.39 is 0 Å². The highest BCUT2D eigenvalue weighted by Crippen LogP contribution is 2.34. The lowest BCUT2D eigenvalue weighted by Crippen LogP contribution is -2.28. The molecule has 0 fully saturated rings. The van der Waals surface area contributed by atoms with Crippen molar-refractivity contribution < 1.29 is 9.47 Å². The fraction of sp³-hybridized carbons (Fsp3) is 0.400. The van der Waals surface area contributed by atoms with E-state index in [4.69, 9.17) is 9.47 Å². The van der Waals surface area contributed by atoms with Crippen molar-refractivity contribution in [1.29, 1.82) is 0 Å². The van der Waals surface area contributed by atoms with E-state index >= 15 is 0 Å². The first-order valence-electron chi connectivity index (χ1n) is 4.38. The van der Waals surface area contributed by atoms with Gasteiger partial charge >= 0.3 is 0 Å². The minimum absolute atomic E-state index is 0.196. The van der Waals surface area contributed by atoms with Gasteiger partial charge in [0.2, 0.25) is 0 Å². The minimum Gasteiger partial charge on any atom is -0.486 e. The van der Waals surface area contributed by atoms with Crippen LogP contribution in [0.25, 0.3) is 0 Å². The number of halogens is 1. The highest BCUT2D eigenvalue weighted by molar-refractivity contribution is 9.10. The third-order valence-electron chi connectivity index (χ3n) is 2.08. The van der Waals surface area contributed by atoms with Crippen molar-refractivity contribution in [3.8, 4) is 11.5 Å². The Labute approximate surface area is 86.0 Å². The van der Waals surface area contributed by atoms with Crippen LogP contribution in [0.2, 0.25) is 0 Å². The molecule has 0 saturated heterocycles. The summed E-state index contributed by atoms with van der Waals surface area (Å²) in [6, 6.07) is 5.82. The van der Waals surface area contributed by atoms with Gasteiger partial charge in [0.1, 0.15) is 12.7 Å². The molecule has 2 rings (SSSR count). The van der Waals surface area contributed by atoms with Crippen molar-refractivity contribution in [3.63, 3.8) is 0 Å². The molecule has 1 heterocycles. The molecular formula is C10H11BrO2. The van der Waals surface area contributed by atoms with E-state index in [1.54, 1.807) is 0 Å². The second-order valence-electron chi connectivity index (χ2n) is 3.05. The zero-order chi connectivity index (χ0) is 9.26. The third kappa shape index (κ3) is 1.80. The normalized spacial score (nSPS) is 20.0. The SMILES string of the molecule is CCC1COc2ccc(Br)cc2O1. The Hall–Kier alpha value is -0.700. The predicted octanol–water partition coefficient (Wildman–Crippen LogP) is 3.00. The van der Waals surface area contributed by atoms with Gasteiger partial charge in [-0.15, -0.1) is 0 Å². The Bertz CT molecular complexity index is 312. The number of hydrogen-bond donors (Lipinski definition) is 0. The molecule has 0 aliphatic carbocycles. The third-order valence-corrected chi connectivity index (χ3v) is 2.57. The van der Waals surface area contributed by atoms with E-state index in [0.29, 0.717) is 6.61 Å². The van der Waals surface area contributed by atoms with Gasteiger partial charge < -0.3 is 9.47 Å². The Morgan fingerprint density at radius 2 is 2.31 bits per heavy atom. The maximum absolute atomic E-state index is 5.71. The second kappa shape index (κ2) is 3.58. The summed E-state index contributed by atoms with van der Waals surface area (Å²) in [6.07, 6.45) is 1.17. The zero-order valence-corrected chi connectivity index (χ0v) is 9.00. The zero-order valence-electron chi connectivity index (χ0n) is 7.42. The first-order chi connectivity index (χ1) is 6.29. The molecule has 0 bridgehead atoms. The van der Waals surface area contributed by atoms with E-state index in [1.165, 1.54) is 0 Å². The monoisotopic (exact) mass is 242 g/mol. The van der Waals surface area contributed by atoms with Gasteiger partial charge in [0.15, 0.2) is 11.5 Å². The topological polar surface area (TPSA) is 18.5 Å². The first-order valence-corrected chi connectivity index (χ1v) is 5.18. The largest absolute Gasteiger partial charge is 0.486 e. The average Bonchev–Trinajstić information content (AvgIpc) is 2.16. The molecule has 0 aromatic heterocycles. The summed E-state index contributed by atoms with van der Waals surface area (Å²) < 4.78 is 12.3. The fourth-order valence-electron chi connectivity index (χ4n) is 1.29. The molecule has 2 nitrogen and oxygen atoms in total. The van der Waals surface area contributed by atoms with E-state index in [9.17, 15) is 0 Å². The summed E-state index contributed by atoms with van der Waals surface area (Å²) >= 11 is 3.40. The number of ether oxygens (including phenoxy) is 2. The summed E-state index contributed by atoms with van der Waals surface area (Å²) in [5, 5.41) is 0. The maximum Gasteiger partial charge on any atom is 0.162 e. The Balaban J connectivity index is 2.27. The first kappa shape index (κ1) is 8.88. The maximum atomic E-state index is 5.71. The van der Waals surface area contributed by atoms with Gasteiger partial charge in [0.25, 0.3) is 0 Å². The van der Waals surface area contributed by atoms with E-state index in [-0.39, 0.29) is 6.10 Å². The molecule has 0 spiro atoms. The van der Waals surface area contributed by atoms with Crippen molar-refractivity contribution in [2.45, 2.75) is 19.4 Å². The van der Waals surface area contributed by atoms with Crippen LogP contribution in [0.3, 0.4) is 0 Å². The lowest BCUT2D eigenvalue weighted by molar-refractivity contribution is 0.0883. The van der Waals surface area contributed by atoms with Crippen LogP contribution in [0.1, 0.15) is 13.3 Å². The number of benzene rings is 1. The van der Waals surface area contributed by atoms with Gasteiger partial charge in [-0.3, -0.25) is 0 Å². The van der Waals surface area contributed by atoms with Crippen molar-refractivity contribution >= 4 is 15.9 Å². The number of rotatable bonds is 1. The molecule has 1 aliphatic heterocycles. The average molecular weight is 243 g/mol. The fourth-order valence-corrected chi connectivity index (χ4v) is 1.63. The van der Waals surface area contributed by atoms with Crippen molar-refractivity contribution in [1.82, 2.24) is 0 Å². The van der Waals surface area contributed by atoms with Crippen LogP contribution in [-0.4, -0.2) is 12.7 Å². The lowest BCUT2D eigenvalue weighted by atomic mass is 10.2. The second-order valence-corrected chi connectivity index (χ2v) is 3.97. The summed E-state index contributed by atoms with van der Waals surface area (Å²) in [4.78, 5) is 0.